The van der Waals surface area contributed by atoms with Gasteiger partial charge in [-0.25, -0.2) is 9.97 Å². The summed E-state index contributed by atoms with van der Waals surface area (Å²) in [5, 5.41) is 0.414. The quantitative estimate of drug-likeness (QED) is 0.800. The Morgan fingerprint density at radius 2 is 1.94 bits per heavy atom. The van der Waals surface area contributed by atoms with Gasteiger partial charge in [-0.2, -0.15) is 0 Å². The SMILES string of the molecule is O=C(c1cncnc1)c1cc(Br)ccc1Cl. The minimum atomic E-state index is -0.188. The lowest BCUT2D eigenvalue weighted by atomic mass is 10.1. The summed E-state index contributed by atoms with van der Waals surface area (Å²) in [6.45, 7) is 0. The summed E-state index contributed by atoms with van der Waals surface area (Å²) >= 11 is 9.25. The molecule has 0 bridgehead atoms. The molecule has 2 rings (SSSR count). The lowest BCUT2D eigenvalue weighted by Gasteiger charge is -2.03. The van der Waals surface area contributed by atoms with E-state index in [1.807, 2.05) is 0 Å². The maximum atomic E-state index is 12.0. The van der Waals surface area contributed by atoms with Gasteiger partial charge in [-0.05, 0) is 18.2 Å². The van der Waals surface area contributed by atoms with Gasteiger partial charge in [0.25, 0.3) is 0 Å². The summed E-state index contributed by atoms with van der Waals surface area (Å²) in [6.07, 6.45) is 4.30. The Hall–Kier alpha value is -1.26. The molecule has 3 nitrogen and oxygen atoms in total. The highest BCUT2D eigenvalue weighted by Gasteiger charge is 2.13. The van der Waals surface area contributed by atoms with Crippen molar-refractivity contribution in [1.29, 1.82) is 0 Å². The number of carbonyl (C=O) groups excluding carboxylic acids is 1. The predicted molar refractivity (Wildman–Crippen MR) is 64.6 cm³/mol. The van der Waals surface area contributed by atoms with E-state index in [2.05, 4.69) is 25.9 Å². The highest BCUT2D eigenvalue weighted by molar-refractivity contribution is 9.10. The van der Waals surface area contributed by atoms with Gasteiger partial charge in [-0.15, -0.1) is 0 Å². The van der Waals surface area contributed by atoms with Crippen LogP contribution in [0.3, 0.4) is 0 Å². The second-order valence-electron chi connectivity index (χ2n) is 3.08. The first kappa shape index (κ1) is 11.2. The van der Waals surface area contributed by atoms with E-state index in [-0.39, 0.29) is 5.78 Å². The zero-order chi connectivity index (χ0) is 11.5. The molecule has 1 heterocycles. The molecule has 0 aliphatic rings. The fraction of sp³-hybridized carbons (Fsp3) is 0. The molecule has 5 heteroatoms. The average molecular weight is 298 g/mol. The van der Waals surface area contributed by atoms with Crippen LogP contribution >= 0.6 is 27.5 Å². The third-order valence-electron chi connectivity index (χ3n) is 2.00. The topological polar surface area (TPSA) is 42.9 Å². The first-order valence-corrected chi connectivity index (χ1v) is 5.60. The largest absolute Gasteiger partial charge is 0.288 e. The molecule has 0 aliphatic heterocycles. The molecule has 0 fully saturated rings. The van der Waals surface area contributed by atoms with Gasteiger partial charge in [-0.1, -0.05) is 27.5 Å². The van der Waals surface area contributed by atoms with Gasteiger partial charge in [0, 0.05) is 22.4 Å². The molecule has 0 saturated carbocycles. The van der Waals surface area contributed by atoms with Crippen molar-refractivity contribution in [3.8, 4) is 0 Å². The second kappa shape index (κ2) is 4.72. The van der Waals surface area contributed by atoms with Crippen LogP contribution in [0.15, 0.2) is 41.4 Å². The molecule has 0 atom stereocenters. The molecule has 0 radical (unpaired) electrons. The number of halogens is 2. The predicted octanol–water partition coefficient (Wildman–Crippen LogP) is 3.12. The maximum absolute atomic E-state index is 12.0. The molecule has 0 aliphatic carbocycles. The van der Waals surface area contributed by atoms with E-state index in [0.29, 0.717) is 16.1 Å². The van der Waals surface area contributed by atoms with Crippen molar-refractivity contribution in [3.63, 3.8) is 0 Å². The zero-order valence-electron chi connectivity index (χ0n) is 8.02. The van der Waals surface area contributed by atoms with Crippen LogP contribution < -0.4 is 0 Å². The number of rotatable bonds is 2. The van der Waals surface area contributed by atoms with Gasteiger partial charge in [0.15, 0.2) is 5.78 Å². The summed E-state index contributed by atoms with van der Waals surface area (Å²) in [6, 6.07) is 5.13. The molecular formula is C11H6BrClN2O. The van der Waals surface area contributed by atoms with Crippen molar-refractivity contribution in [3.05, 3.63) is 57.5 Å². The van der Waals surface area contributed by atoms with Crippen LogP contribution in [0.2, 0.25) is 5.02 Å². The Labute approximate surface area is 106 Å². The number of hydrogen-bond donors (Lipinski definition) is 0. The van der Waals surface area contributed by atoms with Gasteiger partial charge in [-0.3, -0.25) is 4.79 Å². The molecule has 2 aromatic rings. The number of benzene rings is 1. The summed E-state index contributed by atoms with van der Waals surface area (Å²) in [4.78, 5) is 19.6. The number of aromatic nitrogens is 2. The third kappa shape index (κ3) is 2.28. The Kier molecular flexibility index (Phi) is 3.31. The maximum Gasteiger partial charge on any atom is 0.197 e. The molecule has 0 amide bonds. The van der Waals surface area contributed by atoms with E-state index in [1.165, 1.54) is 18.7 Å². The van der Waals surface area contributed by atoms with Gasteiger partial charge in [0.2, 0.25) is 0 Å². The fourth-order valence-corrected chi connectivity index (χ4v) is 1.81. The Morgan fingerprint density at radius 1 is 1.25 bits per heavy atom. The van der Waals surface area contributed by atoms with Crippen molar-refractivity contribution in [2.24, 2.45) is 0 Å². The van der Waals surface area contributed by atoms with E-state index >= 15 is 0 Å². The molecule has 0 unspecified atom stereocenters. The van der Waals surface area contributed by atoms with E-state index in [1.54, 1.807) is 18.2 Å². The normalized spacial score (nSPS) is 10.1. The number of carbonyl (C=O) groups is 1. The second-order valence-corrected chi connectivity index (χ2v) is 4.40. The van der Waals surface area contributed by atoms with Crippen LogP contribution in [0.5, 0.6) is 0 Å². The van der Waals surface area contributed by atoms with Gasteiger partial charge in [0.1, 0.15) is 6.33 Å². The highest BCUT2D eigenvalue weighted by atomic mass is 79.9. The van der Waals surface area contributed by atoms with E-state index in [9.17, 15) is 4.79 Å². The molecule has 1 aromatic heterocycles. The fourth-order valence-electron chi connectivity index (χ4n) is 1.24. The lowest BCUT2D eigenvalue weighted by molar-refractivity contribution is 0.103. The van der Waals surface area contributed by atoms with Crippen molar-refractivity contribution < 1.29 is 4.79 Å². The number of nitrogens with zero attached hydrogens (tertiary/aromatic N) is 2. The summed E-state index contributed by atoms with van der Waals surface area (Å²) in [5.74, 6) is -0.188. The molecule has 16 heavy (non-hydrogen) atoms. The molecule has 0 N–H and O–H groups in total. The zero-order valence-corrected chi connectivity index (χ0v) is 10.4. The summed E-state index contributed by atoms with van der Waals surface area (Å²) in [7, 11) is 0. The smallest absolute Gasteiger partial charge is 0.197 e. The summed E-state index contributed by atoms with van der Waals surface area (Å²) in [5.41, 5.74) is 0.855. The van der Waals surface area contributed by atoms with Crippen LogP contribution in [0.4, 0.5) is 0 Å². The monoisotopic (exact) mass is 296 g/mol. The Bertz CT molecular complexity index is 531. The molecule has 1 aromatic carbocycles. The van der Waals surface area contributed by atoms with Crippen molar-refractivity contribution in [1.82, 2.24) is 9.97 Å². The number of ketones is 1. The Balaban J connectivity index is 2.46. The van der Waals surface area contributed by atoms with Crippen LogP contribution in [0.25, 0.3) is 0 Å². The third-order valence-corrected chi connectivity index (χ3v) is 2.82. The molecular weight excluding hydrogens is 291 g/mol. The minimum Gasteiger partial charge on any atom is -0.288 e. The van der Waals surface area contributed by atoms with Crippen molar-refractivity contribution >= 4 is 33.3 Å². The molecule has 80 valence electrons. The Morgan fingerprint density at radius 3 is 2.62 bits per heavy atom. The standard InChI is InChI=1S/C11H6BrClN2O/c12-8-1-2-10(13)9(3-8)11(16)7-4-14-6-15-5-7/h1-6H. The van der Waals surface area contributed by atoms with Crippen molar-refractivity contribution in [2.45, 2.75) is 0 Å². The van der Waals surface area contributed by atoms with Crippen molar-refractivity contribution in [2.75, 3.05) is 0 Å². The van der Waals surface area contributed by atoms with Gasteiger partial charge < -0.3 is 0 Å². The first-order valence-electron chi connectivity index (χ1n) is 4.43. The number of hydrogen-bond acceptors (Lipinski definition) is 3. The van der Waals surface area contributed by atoms with E-state index in [4.69, 9.17) is 11.6 Å². The molecule has 0 saturated heterocycles. The minimum absolute atomic E-state index is 0.188. The molecule has 0 spiro atoms. The van der Waals surface area contributed by atoms with Crippen LogP contribution in [-0.2, 0) is 0 Å². The average Bonchev–Trinajstić information content (AvgIpc) is 2.32. The van der Waals surface area contributed by atoms with E-state index < -0.39 is 0 Å². The van der Waals surface area contributed by atoms with Crippen LogP contribution in [0.1, 0.15) is 15.9 Å². The van der Waals surface area contributed by atoms with Crippen LogP contribution in [-0.4, -0.2) is 15.8 Å². The highest BCUT2D eigenvalue weighted by Crippen LogP contribution is 2.23. The van der Waals surface area contributed by atoms with Crippen LogP contribution in [0, 0.1) is 0 Å². The van der Waals surface area contributed by atoms with Gasteiger partial charge in [0.05, 0.1) is 10.6 Å². The first-order chi connectivity index (χ1) is 7.68. The lowest BCUT2D eigenvalue weighted by Crippen LogP contribution is -2.03. The summed E-state index contributed by atoms with van der Waals surface area (Å²) < 4.78 is 0.803. The van der Waals surface area contributed by atoms with E-state index in [0.717, 1.165) is 4.47 Å². The van der Waals surface area contributed by atoms with Gasteiger partial charge >= 0.3 is 0 Å².